The van der Waals surface area contributed by atoms with Crippen molar-refractivity contribution in [1.82, 2.24) is 0 Å². The highest BCUT2D eigenvalue weighted by Crippen LogP contribution is 2.12. The van der Waals surface area contributed by atoms with E-state index in [-0.39, 0.29) is 19.1 Å². The topological polar surface area (TPSA) is 64.6 Å². The van der Waals surface area contributed by atoms with Crippen molar-refractivity contribution in [1.29, 1.82) is 0 Å². The van der Waals surface area contributed by atoms with Gasteiger partial charge in [0.25, 0.3) is 5.91 Å². The summed E-state index contributed by atoms with van der Waals surface area (Å²) < 4.78 is 9.60. The van der Waals surface area contributed by atoms with Crippen LogP contribution in [0.5, 0.6) is 0 Å². The molecule has 0 fully saturated rings. The summed E-state index contributed by atoms with van der Waals surface area (Å²) in [6.07, 6.45) is 0. The summed E-state index contributed by atoms with van der Waals surface area (Å²) in [5.41, 5.74) is 1.66. The van der Waals surface area contributed by atoms with E-state index in [9.17, 15) is 9.59 Å². The third-order valence-electron chi connectivity index (χ3n) is 2.21. The van der Waals surface area contributed by atoms with Gasteiger partial charge in [-0.3, -0.25) is 4.79 Å². The largest absolute Gasteiger partial charge is 0.454 e. The molecule has 0 saturated carbocycles. The highest BCUT2D eigenvalue weighted by Gasteiger charge is 2.08. The van der Waals surface area contributed by atoms with Crippen molar-refractivity contribution in [3.05, 3.63) is 29.8 Å². The number of carbonyl (C=O) groups excluding carboxylic acids is 2. The molecular formula is C13H17NO4. The first-order valence-corrected chi connectivity index (χ1v) is 5.72. The zero-order valence-electron chi connectivity index (χ0n) is 10.6. The van der Waals surface area contributed by atoms with Crippen molar-refractivity contribution >= 4 is 17.6 Å². The molecule has 1 amide bonds. The summed E-state index contributed by atoms with van der Waals surface area (Å²) in [6, 6.07) is 7.38. The fraction of sp³-hybridized carbons (Fsp3) is 0.385. The Morgan fingerprint density at radius 3 is 2.61 bits per heavy atom. The molecule has 1 N–H and O–H groups in total. The Balaban J connectivity index is 2.34. The molecular weight excluding hydrogens is 234 g/mol. The van der Waals surface area contributed by atoms with Crippen LogP contribution in [0.2, 0.25) is 0 Å². The van der Waals surface area contributed by atoms with Gasteiger partial charge in [0.05, 0.1) is 0 Å². The van der Waals surface area contributed by atoms with E-state index in [4.69, 9.17) is 9.47 Å². The summed E-state index contributed by atoms with van der Waals surface area (Å²) >= 11 is 0. The second kappa shape index (κ2) is 7.45. The molecule has 0 unspecified atom stereocenters. The number of aryl methyl sites for hydroxylation is 1. The van der Waals surface area contributed by atoms with Crippen LogP contribution in [-0.4, -0.2) is 31.7 Å². The summed E-state index contributed by atoms with van der Waals surface area (Å²) in [6.45, 7) is 3.66. The lowest BCUT2D eigenvalue weighted by atomic mass is 10.2. The van der Waals surface area contributed by atoms with Gasteiger partial charge in [-0.05, 0) is 25.5 Å². The van der Waals surface area contributed by atoms with Gasteiger partial charge in [0, 0.05) is 12.3 Å². The molecule has 0 bridgehead atoms. The number of rotatable bonds is 6. The second-order valence-electron chi connectivity index (χ2n) is 3.66. The van der Waals surface area contributed by atoms with Gasteiger partial charge in [-0.2, -0.15) is 0 Å². The predicted octanol–water partition coefficient (Wildman–Crippen LogP) is 1.51. The van der Waals surface area contributed by atoms with Gasteiger partial charge in [-0.15, -0.1) is 0 Å². The smallest absolute Gasteiger partial charge is 0.332 e. The molecule has 0 aromatic heterocycles. The molecule has 0 aliphatic carbocycles. The van der Waals surface area contributed by atoms with E-state index in [2.05, 4.69) is 5.32 Å². The third kappa shape index (κ3) is 4.97. The van der Waals surface area contributed by atoms with E-state index in [1.165, 1.54) is 0 Å². The van der Waals surface area contributed by atoms with Crippen molar-refractivity contribution in [3.8, 4) is 0 Å². The first-order chi connectivity index (χ1) is 8.63. The van der Waals surface area contributed by atoms with Gasteiger partial charge in [0.1, 0.15) is 6.61 Å². The Hall–Kier alpha value is -1.88. The number of amides is 1. The van der Waals surface area contributed by atoms with E-state index in [1.54, 1.807) is 13.0 Å². The van der Waals surface area contributed by atoms with Crippen LogP contribution in [0.4, 0.5) is 5.69 Å². The summed E-state index contributed by atoms with van der Waals surface area (Å²) in [4.78, 5) is 22.6. The van der Waals surface area contributed by atoms with Crippen LogP contribution in [0.15, 0.2) is 24.3 Å². The Bertz CT molecular complexity index is 417. The lowest BCUT2D eigenvalue weighted by Crippen LogP contribution is -2.23. The minimum atomic E-state index is -0.545. The van der Waals surface area contributed by atoms with Crippen molar-refractivity contribution in [2.24, 2.45) is 0 Å². The maximum absolute atomic E-state index is 11.5. The molecule has 5 nitrogen and oxygen atoms in total. The van der Waals surface area contributed by atoms with Crippen molar-refractivity contribution < 1.29 is 19.1 Å². The van der Waals surface area contributed by atoms with Crippen LogP contribution >= 0.6 is 0 Å². The predicted molar refractivity (Wildman–Crippen MR) is 67.3 cm³/mol. The number of ether oxygens (including phenoxy) is 2. The van der Waals surface area contributed by atoms with E-state index in [0.717, 1.165) is 5.56 Å². The first kappa shape index (κ1) is 14.2. The van der Waals surface area contributed by atoms with Gasteiger partial charge >= 0.3 is 5.97 Å². The van der Waals surface area contributed by atoms with Gasteiger partial charge < -0.3 is 14.8 Å². The third-order valence-corrected chi connectivity index (χ3v) is 2.21. The number of benzene rings is 1. The monoisotopic (exact) mass is 251 g/mol. The summed E-state index contributed by atoms with van der Waals surface area (Å²) in [5.74, 6) is -0.911. The van der Waals surface area contributed by atoms with Crippen molar-refractivity contribution in [2.75, 3.05) is 25.1 Å². The molecule has 98 valence electrons. The second-order valence-corrected chi connectivity index (χ2v) is 3.66. The zero-order chi connectivity index (χ0) is 13.4. The molecule has 5 heteroatoms. The van der Waals surface area contributed by atoms with Gasteiger partial charge in [-0.25, -0.2) is 4.79 Å². The van der Waals surface area contributed by atoms with Gasteiger partial charge in [0.15, 0.2) is 6.61 Å². The van der Waals surface area contributed by atoms with Crippen molar-refractivity contribution in [2.45, 2.75) is 13.8 Å². The van der Waals surface area contributed by atoms with E-state index in [0.29, 0.717) is 12.3 Å². The molecule has 0 atom stereocenters. The molecule has 0 spiro atoms. The van der Waals surface area contributed by atoms with Crippen molar-refractivity contribution in [3.63, 3.8) is 0 Å². The number of esters is 1. The summed E-state index contributed by atoms with van der Waals surface area (Å²) in [7, 11) is 0. The molecule has 0 heterocycles. The van der Waals surface area contributed by atoms with E-state index >= 15 is 0 Å². The molecule has 1 aromatic carbocycles. The van der Waals surface area contributed by atoms with Crippen LogP contribution in [0.1, 0.15) is 12.5 Å². The molecule has 0 radical (unpaired) electrons. The zero-order valence-corrected chi connectivity index (χ0v) is 10.6. The van der Waals surface area contributed by atoms with Crippen LogP contribution < -0.4 is 5.32 Å². The van der Waals surface area contributed by atoms with Crippen LogP contribution in [0, 0.1) is 6.92 Å². The molecule has 18 heavy (non-hydrogen) atoms. The van der Waals surface area contributed by atoms with E-state index < -0.39 is 5.97 Å². The quantitative estimate of drug-likeness (QED) is 0.778. The maximum atomic E-state index is 11.5. The SMILES string of the molecule is CCOCC(=O)OCC(=O)Nc1ccccc1C. The standard InChI is InChI=1S/C13H17NO4/c1-3-17-9-13(16)18-8-12(15)14-11-7-5-4-6-10(11)2/h4-7H,3,8-9H2,1-2H3,(H,14,15). The average Bonchev–Trinajstić information content (AvgIpc) is 2.36. The summed E-state index contributed by atoms with van der Waals surface area (Å²) in [5, 5.41) is 2.66. The molecule has 0 aliphatic heterocycles. The maximum Gasteiger partial charge on any atom is 0.332 e. The van der Waals surface area contributed by atoms with E-state index in [1.807, 2.05) is 25.1 Å². The Morgan fingerprint density at radius 1 is 1.22 bits per heavy atom. The Labute approximate surface area is 106 Å². The number of anilines is 1. The fourth-order valence-corrected chi connectivity index (χ4v) is 1.27. The van der Waals surface area contributed by atoms with Crippen LogP contribution in [0.25, 0.3) is 0 Å². The van der Waals surface area contributed by atoms with Crippen LogP contribution in [-0.2, 0) is 19.1 Å². The first-order valence-electron chi connectivity index (χ1n) is 5.72. The van der Waals surface area contributed by atoms with Crippen LogP contribution in [0.3, 0.4) is 0 Å². The normalized spacial score (nSPS) is 9.89. The van der Waals surface area contributed by atoms with Gasteiger partial charge in [0.2, 0.25) is 0 Å². The highest BCUT2D eigenvalue weighted by molar-refractivity contribution is 5.93. The molecule has 1 rings (SSSR count). The minimum Gasteiger partial charge on any atom is -0.454 e. The molecule has 0 saturated heterocycles. The molecule has 0 aliphatic rings. The average molecular weight is 251 g/mol. The lowest BCUT2D eigenvalue weighted by molar-refractivity contribution is -0.151. The number of hydrogen-bond acceptors (Lipinski definition) is 4. The number of nitrogens with one attached hydrogen (secondary N) is 1. The minimum absolute atomic E-state index is 0.131. The highest BCUT2D eigenvalue weighted by atomic mass is 16.6. The Kier molecular flexibility index (Phi) is 5.87. The number of para-hydroxylation sites is 1. The van der Waals surface area contributed by atoms with Gasteiger partial charge in [-0.1, -0.05) is 18.2 Å². The molecule has 1 aromatic rings. The number of hydrogen-bond donors (Lipinski definition) is 1. The Morgan fingerprint density at radius 2 is 1.94 bits per heavy atom. The number of carbonyl (C=O) groups is 2. The lowest BCUT2D eigenvalue weighted by Gasteiger charge is -2.08. The fourth-order valence-electron chi connectivity index (χ4n) is 1.27.